The van der Waals surface area contributed by atoms with Gasteiger partial charge in [-0.25, -0.2) is 0 Å². The lowest BCUT2D eigenvalue weighted by Gasteiger charge is -2.30. The summed E-state index contributed by atoms with van der Waals surface area (Å²) in [7, 11) is 0. The van der Waals surface area contributed by atoms with Gasteiger partial charge in [-0.3, -0.25) is 5.32 Å². The zero-order valence-corrected chi connectivity index (χ0v) is 12.1. The van der Waals surface area contributed by atoms with Crippen molar-refractivity contribution in [2.24, 2.45) is 0 Å². The minimum Gasteiger partial charge on any atom is -0.379 e. The average molecular weight is 276 g/mol. The molecule has 1 heterocycles. The zero-order valence-electron chi connectivity index (χ0n) is 11.3. The molecule has 3 nitrogen and oxygen atoms in total. The molecule has 1 saturated heterocycles. The summed E-state index contributed by atoms with van der Waals surface area (Å²) in [6, 6.07) is 12.5. The molecule has 1 aromatic carbocycles. The summed E-state index contributed by atoms with van der Waals surface area (Å²) >= 11 is 1.91. The largest absolute Gasteiger partial charge is 0.379 e. The number of benzene rings is 1. The molecule has 1 aromatic rings. The van der Waals surface area contributed by atoms with Gasteiger partial charge in [0.15, 0.2) is 0 Å². The van der Waals surface area contributed by atoms with Crippen LogP contribution < -0.4 is 5.32 Å². The second-order valence-electron chi connectivity index (χ2n) is 4.69. The SMILES string of the molecule is CCNC(C#N)(CCSC1COC1)c1ccccc1. The monoisotopic (exact) mass is 276 g/mol. The lowest BCUT2D eigenvalue weighted by atomic mass is 9.88. The molecule has 0 aliphatic carbocycles. The third-order valence-corrected chi connectivity index (χ3v) is 4.56. The van der Waals surface area contributed by atoms with Crippen molar-refractivity contribution in [2.75, 3.05) is 25.5 Å². The van der Waals surface area contributed by atoms with Gasteiger partial charge in [-0.1, -0.05) is 37.3 Å². The lowest BCUT2D eigenvalue weighted by molar-refractivity contribution is 0.0455. The van der Waals surface area contributed by atoms with E-state index in [0.717, 1.165) is 37.5 Å². The van der Waals surface area contributed by atoms with Gasteiger partial charge in [-0.2, -0.15) is 17.0 Å². The molecule has 1 N–H and O–H groups in total. The minimum atomic E-state index is -0.562. The van der Waals surface area contributed by atoms with Gasteiger partial charge < -0.3 is 4.74 Å². The summed E-state index contributed by atoms with van der Waals surface area (Å²) in [6.07, 6.45) is 0.822. The third-order valence-electron chi connectivity index (χ3n) is 3.37. The first-order chi connectivity index (χ1) is 9.30. The summed E-state index contributed by atoms with van der Waals surface area (Å²) in [4.78, 5) is 0. The maximum Gasteiger partial charge on any atom is 0.133 e. The quantitative estimate of drug-likeness (QED) is 0.831. The normalized spacial score (nSPS) is 18.3. The van der Waals surface area contributed by atoms with Crippen LogP contribution in [0.2, 0.25) is 0 Å². The Kier molecular flexibility index (Phi) is 5.26. The standard InChI is InChI=1S/C15H20N2OS/c1-2-17-15(12-16,13-6-4-3-5-7-13)8-9-19-14-10-18-11-14/h3-7,14,17H,2,8-11H2,1H3. The van der Waals surface area contributed by atoms with E-state index >= 15 is 0 Å². The highest BCUT2D eigenvalue weighted by Gasteiger charge is 2.31. The van der Waals surface area contributed by atoms with E-state index in [2.05, 4.69) is 11.4 Å². The number of rotatable bonds is 7. The van der Waals surface area contributed by atoms with Gasteiger partial charge >= 0.3 is 0 Å². The highest BCUT2D eigenvalue weighted by atomic mass is 32.2. The minimum absolute atomic E-state index is 0.562. The maximum absolute atomic E-state index is 9.65. The van der Waals surface area contributed by atoms with Crippen LogP contribution in [-0.2, 0) is 10.3 Å². The summed E-state index contributed by atoms with van der Waals surface area (Å²) in [5.74, 6) is 0.976. The Morgan fingerprint density at radius 2 is 2.16 bits per heavy atom. The van der Waals surface area contributed by atoms with Gasteiger partial charge in [-0.15, -0.1) is 0 Å². The van der Waals surface area contributed by atoms with E-state index in [0.29, 0.717) is 5.25 Å². The summed E-state index contributed by atoms with van der Waals surface area (Å²) in [5.41, 5.74) is 0.498. The summed E-state index contributed by atoms with van der Waals surface area (Å²) < 4.78 is 5.17. The first kappa shape index (κ1) is 14.4. The Bertz CT molecular complexity index is 428. The van der Waals surface area contributed by atoms with Crippen LogP contribution in [-0.4, -0.2) is 30.8 Å². The van der Waals surface area contributed by atoms with Crippen molar-refractivity contribution < 1.29 is 4.74 Å². The van der Waals surface area contributed by atoms with Gasteiger partial charge in [0.05, 0.1) is 24.5 Å². The average Bonchev–Trinajstić information content (AvgIpc) is 2.41. The molecular weight excluding hydrogens is 256 g/mol. The molecule has 1 fully saturated rings. The molecule has 102 valence electrons. The molecule has 4 heteroatoms. The van der Waals surface area contributed by atoms with Crippen LogP contribution in [0.3, 0.4) is 0 Å². The Morgan fingerprint density at radius 3 is 2.68 bits per heavy atom. The fraction of sp³-hybridized carbons (Fsp3) is 0.533. The first-order valence-electron chi connectivity index (χ1n) is 6.72. The highest BCUT2D eigenvalue weighted by molar-refractivity contribution is 8.00. The van der Waals surface area contributed by atoms with E-state index in [1.54, 1.807) is 0 Å². The highest BCUT2D eigenvalue weighted by Crippen LogP contribution is 2.28. The predicted molar refractivity (Wildman–Crippen MR) is 79.1 cm³/mol. The molecule has 0 radical (unpaired) electrons. The van der Waals surface area contributed by atoms with Crippen molar-refractivity contribution in [3.63, 3.8) is 0 Å². The Labute approximate surface area is 119 Å². The van der Waals surface area contributed by atoms with Gasteiger partial charge in [0, 0.05) is 0 Å². The molecule has 1 unspecified atom stereocenters. The first-order valence-corrected chi connectivity index (χ1v) is 7.77. The van der Waals surface area contributed by atoms with E-state index in [9.17, 15) is 5.26 Å². The van der Waals surface area contributed by atoms with Crippen LogP contribution in [0.5, 0.6) is 0 Å². The van der Waals surface area contributed by atoms with E-state index in [4.69, 9.17) is 4.74 Å². The second-order valence-corrected chi connectivity index (χ2v) is 6.10. The van der Waals surface area contributed by atoms with Crippen LogP contribution in [0.25, 0.3) is 0 Å². The van der Waals surface area contributed by atoms with Gasteiger partial charge in [-0.05, 0) is 24.3 Å². The summed E-state index contributed by atoms with van der Waals surface area (Å²) in [6.45, 7) is 4.55. The molecule has 0 aromatic heterocycles. The van der Waals surface area contributed by atoms with Crippen molar-refractivity contribution >= 4 is 11.8 Å². The van der Waals surface area contributed by atoms with Crippen LogP contribution in [0.4, 0.5) is 0 Å². The molecule has 0 amide bonds. The Hall–Kier alpha value is -1.02. The summed E-state index contributed by atoms with van der Waals surface area (Å²) in [5, 5.41) is 13.6. The van der Waals surface area contributed by atoms with Crippen molar-refractivity contribution in [1.82, 2.24) is 5.32 Å². The van der Waals surface area contributed by atoms with E-state index in [1.807, 2.05) is 49.0 Å². The van der Waals surface area contributed by atoms with Crippen LogP contribution >= 0.6 is 11.8 Å². The van der Waals surface area contributed by atoms with Crippen molar-refractivity contribution in [1.29, 1.82) is 5.26 Å². The lowest BCUT2D eigenvalue weighted by Crippen LogP contribution is -2.42. The van der Waals surface area contributed by atoms with Crippen molar-refractivity contribution in [3.05, 3.63) is 35.9 Å². The number of nitrogens with one attached hydrogen (secondary N) is 1. The molecule has 0 spiro atoms. The fourth-order valence-corrected chi connectivity index (χ4v) is 3.35. The second kappa shape index (κ2) is 6.95. The van der Waals surface area contributed by atoms with E-state index < -0.39 is 5.54 Å². The van der Waals surface area contributed by atoms with E-state index in [1.165, 1.54) is 0 Å². The molecule has 2 rings (SSSR count). The maximum atomic E-state index is 9.65. The molecule has 1 aliphatic heterocycles. The van der Waals surface area contributed by atoms with Crippen molar-refractivity contribution in [3.8, 4) is 6.07 Å². The molecule has 1 aliphatic rings. The van der Waals surface area contributed by atoms with Gasteiger partial charge in [0.25, 0.3) is 0 Å². The molecule has 0 bridgehead atoms. The number of nitrogens with zero attached hydrogens (tertiary/aromatic N) is 1. The van der Waals surface area contributed by atoms with E-state index in [-0.39, 0.29) is 0 Å². The number of nitriles is 1. The fourth-order valence-electron chi connectivity index (χ4n) is 2.21. The van der Waals surface area contributed by atoms with Crippen LogP contribution in [0, 0.1) is 11.3 Å². The van der Waals surface area contributed by atoms with Crippen molar-refractivity contribution in [2.45, 2.75) is 24.1 Å². The Balaban J connectivity index is 2.03. The number of thioether (sulfide) groups is 1. The zero-order chi connectivity index (χ0) is 13.6. The smallest absolute Gasteiger partial charge is 0.133 e. The number of ether oxygens (including phenoxy) is 1. The molecule has 19 heavy (non-hydrogen) atoms. The van der Waals surface area contributed by atoms with Crippen LogP contribution in [0.15, 0.2) is 30.3 Å². The molecule has 0 saturated carbocycles. The third kappa shape index (κ3) is 3.50. The predicted octanol–water partition coefficient (Wildman–Crippen LogP) is 2.54. The van der Waals surface area contributed by atoms with Crippen LogP contribution in [0.1, 0.15) is 18.9 Å². The molecular formula is C15H20N2OS. The number of hydrogen-bond acceptors (Lipinski definition) is 4. The number of hydrogen-bond donors (Lipinski definition) is 1. The Morgan fingerprint density at radius 1 is 1.42 bits per heavy atom. The van der Waals surface area contributed by atoms with Gasteiger partial charge in [0.2, 0.25) is 0 Å². The molecule has 1 atom stereocenters. The van der Waals surface area contributed by atoms with Gasteiger partial charge in [0.1, 0.15) is 5.54 Å². The topological polar surface area (TPSA) is 45.0 Å².